The largest absolute Gasteiger partial charge is 0.444 e. The molecule has 36 heavy (non-hydrogen) atoms. The van der Waals surface area contributed by atoms with Gasteiger partial charge in [0, 0.05) is 60.1 Å². The highest BCUT2D eigenvalue weighted by atomic mass is 35.5. The summed E-state index contributed by atoms with van der Waals surface area (Å²) in [4.78, 5) is 31.7. The van der Waals surface area contributed by atoms with Gasteiger partial charge in [0.2, 0.25) is 0 Å². The van der Waals surface area contributed by atoms with E-state index in [-0.39, 0.29) is 6.09 Å². The van der Waals surface area contributed by atoms with Crippen molar-refractivity contribution >= 4 is 34.4 Å². The van der Waals surface area contributed by atoms with Crippen LogP contribution in [0.3, 0.4) is 0 Å². The third-order valence-electron chi connectivity index (χ3n) is 6.04. The molecule has 2 N–H and O–H groups in total. The number of ether oxygens (including phenoxy) is 1. The van der Waals surface area contributed by atoms with Gasteiger partial charge in [0.15, 0.2) is 5.82 Å². The molecule has 0 radical (unpaired) electrons. The molecule has 1 aliphatic rings. The Bertz CT molecular complexity index is 1410. The molecule has 0 fully saturated rings. The third-order valence-corrected chi connectivity index (χ3v) is 6.24. The number of fused-ring (bicyclic) bond motifs is 2. The van der Waals surface area contributed by atoms with E-state index >= 15 is 0 Å². The van der Waals surface area contributed by atoms with Crippen LogP contribution in [0.25, 0.3) is 22.3 Å². The van der Waals surface area contributed by atoms with Crippen LogP contribution in [0.4, 0.5) is 10.6 Å². The molecule has 0 unspecified atom stereocenters. The number of para-hydroxylation sites is 1. The summed E-state index contributed by atoms with van der Waals surface area (Å²) in [5.41, 5.74) is 4.36. The zero-order valence-electron chi connectivity index (χ0n) is 20.6. The van der Waals surface area contributed by atoms with Crippen molar-refractivity contribution in [2.24, 2.45) is 0 Å². The maximum atomic E-state index is 12.8. The highest BCUT2D eigenvalue weighted by Gasteiger charge is 2.29. The summed E-state index contributed by atoms with van der Waals surface area (Å²) in [6.07, 6.45) is 6.43. The number of benzene rings is 1. The normalized spacial score (nSPS) is 13.5. The topological polar surface area (TPSA) is 96.0 Å². The van der Waals surface area contributed by atoms with Crippen molar-refractivity contribution in [3.8, 4) is 11.4 Å². The SMILES string of the molecule is CC(C)(C)OC(=O)N1CCc2nc(-c3cncc(Cl)c3)nc(NCCc3c[nH]c4ccccc34)c2C1. The molecule has 9 heteroatoms. The Balaban J connectivity index is 1.42. The number of aromatic nitrogens is 4. The predicted octanol–water partition coefficient (Wildman–Crippen LogP) is 5.62. The Morgan fingerprint density at radius 1 is 1.22 bits per heavy atom. The van der Waals surface area contributed by atoms with E-state index in [0.29, 0.717) is 42.7 Å². The van der Waals surface area contributed by atoms with E-state index in [1.165, 1.54) is 10.9 Å². The molecule has 8 nitrogen and oxygen atoms in total. The van der Waals surface area contributed by atoms with Crippen LogP contribution >= 0.6 is 11.6 Å². The number of nitrogens with zero attached hydrogens (tertiary/aromatic N) is 4. The van der Waals surface area contributed by atoms with Gasteiger partial charge in [-0.1, -0.05) is 29.8 Å². The molecule has 1 aliphatic heterocycles. The molecule has 0 saturated heterocycles. The van der Waals surface area contributed by atoms with Crippen molar-refractivity contribution in [2.45, 2.75) is 45.8 Å². The fourth-order valence-corrected chi connectivity index (χ4v) is 4.53. The van der Waals surface area contributed by atoms with Crippen LogP contribution in [0.5, 0.6) is 0 Å². The van der Waals surface area contributed by atoms with Gasteiger partial charge >= 0.3 is 6.09 Å². The summed E-state index contributed by atoms with van der Waals surface area (Å²) in [5.74, 6) is 1.27. The minimum Gasteiger partial charge on any atom is -0.444 e. The number of halogens is 1. The van der Waals surface area contributed by atoms with Crippen molar-refractivity contribution in [2.75, 3.05) is 18.4 Å². The molecule has 4 heterocycles. The number of amides is 1. The second-order valence-corrected chi connectivity index (χ2v) is 10.3. The summed E-state index contributed by atoms with van der Waals surface area (Å²) < 4.78 is 5.61. The van der Waals surface area contributed by atoms with E-state index in [0.717, 1.165) is 28.8 Å². The number of nitrogens with one attached hydrogen (secondary N) is 2. The number of carbonyl (C=O) groups excluding carboxylic acids is 1. The summed E-state index contributed by atoms with van der Waals surface area (Å²) in [6.45, 7) is 7.19. The summed E-state index contributed by atoms with van der Waals surface area (Å²) in [7, 11) is 0. The van der Waals surface area contributed by atoms with E-state index < -0.39 is 5.60 Å². The second-order valence-electron chi connectivity index (χ2n) is 9.90. The zero-order chi connectivity index (χ0) is 25.3. The number of aromatic amines is 1. The van der Waals surface area contributed by atoms with Gasteiger partial charge in [-0.05, 0) is 44.9 Å². The van der Waals surface area contributed by atoms with Gasteiger partial charge in [-0.15, -0.1) is 0 Å². The van der Waals surface area contributed by atoms with Crippen molar-refractivity contribution in [3.05, 3.63) is 70.8 Å². The summed E-state index contributed by atoms with van der Waals surface area (Å²) >= 11 is 6.18. The maximum Gasteiger partial charge on any atom is 0.410 e. The Kier molecular flexibility index (Phi) is 6.53. The second kappa shape index (κ2) is 9.78. The molecular formula is C27H29ClN6O2. The highest BCUT2D eigenvalue weighted by molar-refractivity contribution is 6.30. The lowest BCUT2D eigenvalue weighted by atomic mass is 10.1. The molecule has 5 rings (SSSR count). The van der Waals surface area contributed by atoms with Crippen LogP contribution in [-0.4, -0.2) is 49.6 Å². The van der Waals surface area contributed by atoms with Gasteiger partial charge in [-0.3, -0.25) is 4.98 Å². The monoisotopic (exact) mass is 504 g/mol. The molecule has 0 saturated carbocycles. The average molecular weight is 505 g/mol. The molecule has 0 atom stereocenters. The molecular weight excluding hydrogens is 476 g/mol. The predicted molar refractivity (Wildman–Crippen MR) is 141 cm³/mol. The number of anilines is 1. The third kappa shape index (κ3) is 5.28. The molecule has 186 valence electrons. The van der Waals surface area contributed by atoms with E-state index in [1.807, 2.05) is 39.0 Å². The van der Waals surface area contributed by atoms with Gasteiger partial charge in [-0.2, -0.15) is 0 Å². The fourth-order valence-electron chi connectivity index (χ4n) is 4.36. The Labute approximate surface area is 215 Å². The minimum absolute atomic E-state index is 0.332. The molecule has 0 bridgehead atoms. The standard InChI is InChI=1S/C27H29ClN6O2/c1-27(2,3)36-26(35)34-11-9-23-21(16-34)25(33-24(32-23)18-12-19(28)15-29-13-18)30-10-8-17-14-31-22-7-5-4-6-20(17)22/h4-7,12-15,31H,8-11,16H2,1-3H3,(H,30,32,33). The van der Waals surface area contributed by atoms with Gasteiger partial charge in [-0.25, -0.2) is 14.8 Å². The quantitative estimate of drug-likeness (QED) is 0.366. The van der Waals surface area contributed by atoms with Crippen molar-refractivity contribution in [1.29, 1.82) is 0 Å². The molecule has 4 aromatic rings. The zero-order valence-corrected chi connectivity index (χ0v) is 21.4. The van der Waals surface area contributed by atoms with Gasteiger partial charge < -0.3 is 19.9 Å². The summed E-state index contributed by atoms with van der Waals surface area (Å²) in [6, 6.07) is 10.1. The number of hydrogen-bond donors (Lipinski definition) is 2. The Hall–Kier alpha value is -3.65. The number of H-pyrrole nitrogens is 1. The molecule has 1 aromatic carbocycles. The highest BCUT2D eigenvalue weighted by Crippen LogP contribution is 2.29. The minimum atomic E-state index is -0.558. The molecule has 0 aliphatic carbocycles. The van der Waals surface area contributed by atoms with E-state index in [4.69, 9.17) is 26.3 Å². The molecule has 0 spiro atoms. The first-order chi connectivity index (χ1) is 17.3. The smallest absolute Gasteiger partial charge is 0.410 e. The van der Waals surface area contributed by atoms with Crippen molar-refractivity contribution in [3.63, 3.8) is 0 Å². The van der Waals surface area contributed by atoms with E-state index in [9.17, 15) is 4.79 Å². The number of pyridine rings is 1. The van der Waals surface area contributed by atoms with Crippen LogP contribution in [0.15, 0.2) is 48.9 Å². The van der Waals surface area contributed by atoms with E-state index in [1.54, 1.807) is 17.3 Å². The van der Waals surface area contributed by atoms with Crippen LogP contribution in [-0.2, 0) is 24.1 Å². The van der Waals surface area contributed by atoms with Crippen LogP contribution in [0, 0.1) is 0 Å². The van der Waals surface area contributed by atoms with Gasteiger partial charge in [0.05, 0.1) is 17.3 Å². The summed E-state index contributed by atoms with van der Waals surface area (Å²) in [5, 5.41) is 5.25. The van der Waals surface area contributed by atoms with Crippen LogP contribution in [0.2, 0.25) is 5.02 Å². The maximum absolute atomic E-state index is 12.8. The van der Waals surface area contributed by atoms with Gasteiger partial charge in [0.25, 0.3) is 0 Å². The first kappa shape index (κ1) is 24.1. The number of rotatable bonds is 5. The first-order valence-electron chi connectivity index (χ1n) is 12.0. The first-order valence-corrected chi connectivity index (χ1v) is 12.4. The Morgan fingerprint density at radius 3 is 2.86 bits per heavy atom. The van der Waals surface area contributed by atoms with Crippen molar-refractivity contribution < 1.29 is 9.53 Å². The van der Waals surface area contributed by atoms with Crippen LogP contribution < -0.4 is 5.32 Å². The lowest BCUT2D eigenvalue weighted by molar-refractivity contribution is 0.0223. The van der Waals surface area contributed by atoms with E-state index in [2.05, 4.69) is 33.6 Å². The average Bonchev–Trinajstić information content (AvgIpc) is 3.25. The number of hydrogen-bond acceptors (Lipinski definition) is 6. The van der Waals surface area contributed by atoms with Crippen molar-refractivity contribution in [1.82, 2.24) is 24.8 Å². The lowest BCUT2D eigenvalue weighted by Gasteiger charge is -2.31. The lowest BCUT2D eigenvalue weighted by Crippen LogP contribution is -2.40. The van der Waals surface area contributed by atoms with Gasteiger partial charge in [0.1, 0.15) is 11.4 Å². The molecule has 3 aromatic heterocycles. The fraction of sp³-hybridized carbons (Fsp3) is 0.333. The Morgan fingerprint density at radius 2 is 2.06 bits per heavy atom. The molecule has 1 amide bonds. The van der Waals surface area contributed by atoms with Crippen LogP contribution in [0.1, 0.15) is 37.6 Å². The number of carbonyl (C=O) groups is 1.